The van der Waals surface area contributed by atoms with Crippen molar-refractivity contribution in [2.24, 2.45) is 0 Å². The quantitative estimate of drug-likeness (QED) is 0.911. The lowest BCUT2D eigenvalue weighted by atomic mass is 10.2. The number of aromatic nitrogens is 3. The highest BCUT2D eigenvalue weighted by molar-refractivity contribution is 9.10. The Labute approximate surface area is 113 Å². The summed E-state index contributed by atoms with van der Waals surface area (Å²) in [5.41, 5.74) is 0.392. The maximum atomic E-state index is 12.0. The predicted molar refractivity (Wildman–Crippen MR) is 71.0 cm³/mol. The minimum absolute atomic E-state index is 0.127. The van der Waals surface area contributed by atoms with E-state index in [1.807, 2.05) is 6.92 Å². The van der Waals surface area contributed by atoms with Crippen LogP contribution in [-0.2, 0) is 0 Å². The standard InChI is InChI=1S/C12H13BrN4O/c1-2-9(11-14-5-6-15-11)17-12(18)10-4-3-8(13)7-16-10/h3-7,9H,2H2,1H3,(H,14,15)(H,17,18). The van der Waals surface area contributed by atoms with Crippen LogP contribution in [0.3, 0.4) is 0 Å². The van der Waals surface area contributed by atoms with Gasteiger partial charge in [-0.2, -0.15) is 0 Å². The summed E-state index contributed by atoms with van der Waals surface area (Å²) in [6, 6.07) is 3.34. The molecule has 2 aromatic heterocycles. The van der Waals surface area contributed by atoms with E-state index in [0.717, 1.165) is 16.7 Å². The number of amides is 1. The maximum Gasteiger partial charge on any atom is 0.270 e. The first kappa shape index (κ1) is 12.8. The normalized spacial score (nSPS) is 12.1. The van der Waals surface area contributed by atoms with Crippen LogP contribution >= 0.6 is 15.9 Å². The largest absolute Gasteiger partial charge is 0.347 e. The summed E-state index contributed by atoms with van der Waals surface area (Å²) in [5, 5.41) is 2.89. The molecule has 0 spiro atoms. The summed E-state index contributed by atoms with van der Waals surface area (Å²) < 4.78 is 0.845. The summed E-state index contributed by atoms with van der Waals surface area (Å²) in [6.07, 6.45) is 5.77. The number of carbonyl (C=O) groups excluding carboxylic acids is 1. The molecule has 0 aliphatic carbocycles. The van der Waals surface area contributed by atoms with Gasteiger partial charge in [-0.25, -0.2) is 9.97 Å². The van der Waals surface area contributed by atoms with Crippen molar-refractivity contribution in [1.82, 2.24) is 20.3 Å². The molecule has 0 radical (unpaired) electrons. The number of H-pyrrole nitrogens is 1. The summed E-state index contributed by atoms with van der Waals surface area (Å²) >= 11 is 3.28. The van der Waals surface area contributed by atoms with Gasteiger partial charge in [-0.05, 0) is 34.5 Å². The van der Waals surface area contributed by atoms with Gasteiger partial charge < -0.3 is 10.3 Å². The van der Waals surface area contributed by atoms with Gasteiger partial charge in [-0.3, -0.25) is 4.79 Å². The molecule has 1 unspecified atom stereocenters. The van der Waals surface area contributed by atoms with Crippen molar-refractivity contribution >= 4 is 21.8 Å². The van der Waals surface area contributed by atoms with Crippen molar-refractivity contribution in [1.29, 1.82) is 0 Å². The number of halogens is 1. The number of nitrogens with zero attached hydrogens (tertiary/aromatic N) is 2. The van der Waals surface area contributed by atoms with Crippen molar-refractivity contribution in [3.05, 3.63) is 46.7 Å². The molecule has 5 nitrogen and oxygen atoms in total. The second-order valence-corrected chi connectivity index (χ2v) is 4.69. The maximum absolute atomic E-state index is 12.0. The molecule has 0 bridgehead atoms. The molecule has 2 heterocycles. The van der Waals surface area contributed by atoms with Gasteiger partial charge in [-0.15, -0.1) is 0 Å². The van der Waals surface area contributed by atoms with Gasteiger partial charge in [0, 0.05) is 23.1 Å². The van der Waals surface area contributed by atoms with Crippen LogP contribution in [0.25, 0.3) is 0 Å². The molecule has 94 valence electrons. The number of aromatic amines is 1. The van der Waals surface area contributed by atoms with E-state index < -0.39 is 0 Å². The topological polar surface area (TPSA) is 70.7 Å². The van der Waals surface area contributed by atoms with Gasteiger partial charge >= 0.3 is 0 Å². The molecule has 2 rings (SSSR count). The lowest BCUT2D eigenvalue weighted by Gasteiger charge is -2.14. The third kappa shape index (κ3) is 2.95. The van der Waals surface area contributed by atoms with Gasteiger partial charge in [-0.1, -0.05) is 6.92 Å². The fourth-order valence-electron chi connectivity index (χ4n) is 1.57. The molecule has 18 heavy (non-hydrogen) atoms. The van der Waals surface area contributed by atoms with Crippen LogP contribution in [0.15, 0.2) is 35.2 Å². The Morgan fingerprint density at radius 3 is 2.89 bits per heavy atom. The smallest absolute Gasteiger partial charge is 0.270 e. The van der Waals surface area contributed by atoms with Crippen molar-refractivity contribution in [3.63, 3.8) is 0 Å². The lowest BCUT2D eigenvalue weighted by molar-refractivity contribution is 0.0929. The van der Waals surface area contributed by atoms with Crippen molar-refractivity contribution in [2.75, 3.05) is 0 Å². The fourth-order valence-corrected chi connectivity index (χ4v) is 1.81. The van der Waals surface area contributed by atoms with Gasteiger partial charge in [0.15, 0.2) is 0 Å². The number of carbonyl (C=O) groups is 1. The molecule has 0 fully saturated rings. The van der Waals surface area contributed by atoms with E-state index in [4.69, 9.17) is 0 Å². The zero-order valence-corrected chi connectivity index (χ0v) is 11.4. The Kier molecular flexibility index (Phi) is 4.09. The Morgan fingerprint density at radius 1 is 1.50 bits per heavy atom. The van der Waals surface area contributed by atoms with Crippen LogP contribution in [0.2, 0.25) is 0 Å². The molecule has 0 aromatic carbocycles. The molecule has 1 amide bonds. The zero-order chi connectivity index (χ0) is 13.0. The summed E-state index contributed by atoms with van der Waals surface area (Å²) in [4.78, 5) is 23.2. The molecule has 2 N–H and O–H groups in total. The number of hydrogen-bond donors (Lipinski definition) is 2. The van der Waals surface area contributed by atoms with Crippen molar-refractivity contribution in [3.8, 4) is 0 Å². The Bertz CT molecular complexity index is 509. The first-order valence-corrected chi connectivity index (χ1v) is 6.41. The van der Waals surface area contributed by atoms with E-state index in [1.54, 1.807) is 30.7 Å². The number of hydrogen-bond acceptors (Lipinski definition) is 3. The highest BCUT2D eigenvalue weighted by atomic mass is 79.9. The molecule has 2 aromatic rings. The minimum atomic E-state index is -0.203. The molecular formula is C12H13BrN4O. The molecule has 0 aliphatic heterocycles. The average molecular weight is 309 g/mol. The number of nitrogens with one attached hydrogen (secondary N) is 2. The summed E-state index contributed by atoms with van der Waals surface area (Å²) in [5.74, 6) is 0.550. The second kappa shape index (κ2) is 5.77. The van der Waals surface area contributed by atoms with Crippen molar-refractivity contribution in [2.45, 2.75) is 19.4 Å². The Balaban J connectivity index is 2.08. The first-order chi connectivity index (χ1) is 8.70. The fraction of sp³-hybridized carbons (Fsp3) is 0.250. The monoisotopic (exact) mass is 308 g/mol. The third-order valence-electron chi connectivity index (χ3n) is 2.52. The SMILES string of the molecule is CCC(NC(=O)c1ccc(Br)cn1)c1ncc[nH]1. The van der Waals surface area contributed by atoms with E-state index in [1.165, 1.54) is 0 Å². The van der Waals surface area contributed by atoms with Crippen LogP contribution in [0.1, 0.15) is 35.7 Å². The lowest BCUT2D eigenvalue weighted by Crippen LogP contribution is -2.29. The van der Waals surface area contributed by atoms with E-state index in [0.29, 0.717) is 5.69 Å². The average Bonchev–Trinajstić information content (AvgIpc) is 2.90. The Morgan fingerprint density at radius 2 is 2.33 bits per heavy atom. The third-order valence-corrected chi connectivity index (χ3v) is 2.99. The predicted octanol–water partition coefficient (Wildman–Crippen LogP) is 2.45. The van der Waals surface area contributed by atoms with Gasteiger partial charge in [0.05, 0.1) is 6.04 Å². The van der Waals surface area contributed by atoms with Crippen LogP contribution in [0.4, 0.5) is 0 Å². The molecular weight excluding hydrogens is 296 g/mol. The molecule has 0 saturated heterocycles. The zero-order valence-electron chi connectivity index (χ0n) is 9.85. The van der Waals surface area contributed by atoms with E-state index in [-0.39, 0.29) is 11.9 Å². The number of imidazole rings is 1. The summed E-state index contributed by atoms with van der Waals surface area (Å²) in [7, 11) is 0. The van der Waals surface area contributed by atoms with Gasteiger partial charge in [0.2, 0.25) is 0 Å². The van der Waals surface area contributed by atoms with Gasteiger partial charge in [0.25, 0.3) is 5.91 Å². The van der Waals surface area contributed by atoms with Crippen LogP contribution in [0, 0.1) is 0 Å². The number of pyridine rings is 1. The Hall–Kier alpha value is -1.69. The summed E-state index contributed by atoms with van der Waals surface area (Å²) in [6.45, 7) is 1.99. The number of rotatable bonds is 4. The van der Waals surface area contributed by atoms with Crippen LogP contribution in [-0.4, -0.2) is 20.9 Å². The van der Waals surface area contributed by atoms with E-state index >= 15 is 0 Å². The van der Waals surface area contributed by atoms with Gasteiger partial charge in [0.1, 0.15) is 11.5 Å². The second-order valence-electron chi connectivity index (χ2n) is 3.77. The first-order valence-electron chi connectivity index (χ1n) is 5.62. The molecule has 0 saturated carbocycles. The molecule has 0 aliphatic rings. The highest BCUT2D eigenvalue weighted by Crippen LogP contribution is 2.13. The van der Waals surface area contributed by atoms with Crippen LogP contribution < -0.4 is 5.32 Å². The van der Waals surface area contributed by atoms with Crippen LogP contribution in [0.5, 0.6) is 0 Å². The van der Waals surface area contributed by atoms with E-state index in [2.05, 4.69) is 36.2 Å². The minimum Gasteiger partial charge on any atom is -0.347 e. The molecule has 6 heteroatoms. The van der Waals surface area contributed by atoms with E-state index in [9.17, 15) is 4.79 Å². The molecule has 1 atom stereocenters. The van der Waals surface area contributed by atoms with Crippen molar-refractivity contribution < 1.29 is 4.79 Å². The highest BCUT2D eigenvalue weighted by Gasteiger charge is 2.16.